The Kier molecular flexibility index (Phi) is 4.71. The van der Waals surface area contributed by atoms with Gasteiger partial charge in [-0.3, -0.25) is 4.79 Å². The molecule has 98 valence electrons. The summed E-state index contributed by atoms with van der Waals surface area (Å²) in [6.07, 6.45) is 0.841. The van der Waals surface area contributed by atoms with Crippen LogP contribution in [0.4, 0.5) is 0 Å². The Balaban J connectivity index is 2.72. The number of carbonyl (C=O) groups excluding carboxylic acids is 1. The van der Waals surface area contributed by atoms with Crippen LogP contribution in [0.15, 0.2) is 24.3 Å². The van der Waals surface area contributed by atoms with Crippen molar-refractivity contribution < 1.29 is 14.2 Å². The molecule has 0 bridgehead atoms. The van der Waals surface area contributed by atoms with Gasteiger partial charge in [0.2, 0.25) is 0 Å². The molecular weight excluding hydrogens is 227 g/mol. The first-order valence-electron chi connectivity index (χ1n) is 6.05. The van der Waals surface area contributed by atoms with Crippen molar-refractivity contribution >= 4 is 19.2 Å². The third-order valence-corrected chi connectivity index (χ3v) is 3.65. The van der Waals surface area contributed by atoms with Gasteiger partial charge in [0.15, 0.2) is 0 Å². The molecule has 0 unspecified atom stereocenters. The molecule has 4 heteroatoms. The number of hydrogen-bond donors (Lipinski definition) is 0. The zero-order chi connectivity index (χ0) is 13.8. The Morgan fingerprint density at radius 3 is 2.39 bits per heavy atom. The van der Waals surface area contributed by atoms with E-state index in [9.17, 15) is 4.79 Å². The third kappa shape index (κ3) is 3.43. The Morgan fingerprint density at radius 1 is 1.17 bits per heavy atom. The highest BCUT2D eigenvalue weighted by Gasteiger charge is 2.37. The zero-order valence-corrected chi connectivity index (χ0v) is 11.8. The fraction of sp³-hybridized carbons (Fsp3) is 0.500. The van der Waals surface area contributed by atoms with Gasteiger partial charge < -0.3 is 9.39 Å². The minimum absolute atomic E-state index is 0.380. The lowest BCUT2D eigenvalue weighted by molar-refractivity contribution is -0.114. The largest absolute Gasteiger partial charge is 0.427 e. The lowest BCUT2D eigenvalue weighted by Crippen LogP contribution is -2.50. The van der Waals surface area contributed by atoms with Crippen molar-refractivity contribution in [3.05, 3.63) is 29.8 Å². The van der Waals surface area contributed by atoms with Crippen LogP contribution in [0.1, 0.15) is 38.1 Å². The van der Waals surface area contributed by atoms with E-state index in [0.717, 1.165) is 11.7 Å². The van der Waals surface area contributed by atoms with Gasteiger partial charge in [0.05, 0.1) is 11.2 Å². The quantitative estimate of drug-likeness (QED) is 0.567. The second kappa shape index (κ2) is 5.68. The summed E-state index contributed by atoms with van der Waals surface area (Å²) in [4.78, 5) is 10.7. The Bertz CT molecular complexity index is 413. The number of aldehydes is 1. The molecule has 0 spiro atoms. The molecule has 0 fully saturated rings. The van der Waals surface area contributed by atoms with Crippen LogP contribution in [0, 0.1) is 0 Å². The number of benzene rings is 1. The maximum Gasteiger partial charge on any atom is 0.309 e. The SMILES string of the molecule is COC(C)(C)C(C)(C)OBc1cccc(C=O)c1. The topological polar surface area (TPSA) is 35.5 Å². The van der Waals surface area contributed by atoms with E-state index in [1.54, 1.807) is 13.2 Å². The van der Waals surface area contributed by atoms with E-state index in [2.05, 4.69) is 0 Å². The molecule has 0 atom stereocenters. The number of rotatable bonds is 6. The summed E-state index contributed by atoms with van der Waals surface area (Å²) < 4.78 is 11.4. The maximum atomic E-state index is 10.7. The van der Waals surface area contributed by atoms with Gasteiger partial charge in [-0.2, -0.15) is 0 Å². The highest BCUT2D eigenvalue weighted by atomic mass is 16.5. The molecule has 0 aliphatic rings. The van der Waals surface area contributed by atoms with Gasteiger partial charge in [0.1, 0.15) is 6.29 Å². The van der Waals surface area contributed by atoms with E-state index >= 15 is 0 Å². The summed E-state index contributed by atoms with van der Waals surface area (Å²) in [7, 11) is 2.14. The molecule has 0 N–H and O–H groups in total. The fourth-order valence-corrected chi connectivity index (χ4v) is 1.44. The van der Waals surface area contributed by atoms with Crippen molar-refractivity contribution in [1.29, 1.82) is 0 Å². The summed E-state index contributed by atoms with van der Waals surface area (Å²) >= 11 is 0. The van der Waals surface area contributed by atoms with Crippen LogP contribution >= 0.6 is 0 Å². The summed E-state index contributed by atoms with van der Waals surface area (Å²) in [6, 6.07) is 7.42. The molecule has 1 rings (SSSR count). The number of hydrogen-bond acceptors (Lipinski definition) is 3. The Labute approximate surface area is 110 Å². The smallest absolute Gasteiger partial charge is 0.309 e. The van der Waals surface area contributed by atoms with Crippen molar-refractivity contribution in [2.24, 2.45) is 0 Å². The predicted molar refractivity (Wildman–Crippen MR) is 74.9 cm³/mol. The summed E-state index contributed by atoms with van der Waals surface area (Å²) in [5, 5.41) is 0. The normalized spacial score (nSPS) is 12.3. The average molecular weight is 248 g/mol. The molecule has 0 aliphatic carbocycles. The second-order valence-corrected chi connectivity index (χ2v) is 5.38. The average Bonchev–Trinajstić information content (AvgIpc) is 2.36. The first-order chi connectivity index (χ1) is 8.32. The van der Waals surface area contributed by atoms with Crippen molar-refractivity contribution in [3.63, 3.8) is 0 Å². The zero-order valence-electron chi connectivity index (χ0n) is 11.8. The van der Waals surface area contributed by atoms with E-state index < -0.39 is 5.60 Å². The van der Waals surface area contributed by atoms with Crippen LogP contribution < -0.4 is 5.46 Å². The lowest BCUT2D eigenvalue weighted by atomic mass is 9.82. The van der Waals surface area contributed by atoms with E-state index in [4.69, 9.17) is 9.39 Å². The maximum absolute atomic E-state index is 10.7. The molecule has 0 aliphatic heterocycles. The number of ether oxygens (including phenoxy) is 1. The minimum Gasteiger partial charge on any atom is -0.427 e. The van der Waals surface area contributed by atoms with E-state index in [-0.39, 0.29) is 5.60 Å². The highest BCUT2D eigenvalue weighted by Crippen LogP contribution is 2.27. The van der Waals surface area contributed by atoms with Crippen molar-refractivity contribution in [2.75, 3.05) is 7.11 Å². The summed E-state index contributed by atoms with van der Waals surface area (Å²) in [5.74, 6) is 0. The molecule has 0 aromatic heterocycles. The summed E-state index contributed by atoms with van der Waals surface area (Å²) in [5.41, 5.74) is 0.855. The van der Waals surface area contributed by atoms with Crippen LogP contribution in [0.3, 0.4) is 0 Å². The van der Waals surface area contributed by atoms with Crippen molar-refractivity contribution in [2.45, 2.75) is 38.9 Å². The van der Waals surface area contributed by atoms with Crippen LogP contribution in [0.2, 0.25) is 0 Å². The third-order valence-electron chi connectivity index (χ3n) is 3.65. The molecular formula is C14H21BO3. The first kappa shape index (κ1) is 14.9. The highest BCUT2D eigenvalue weighted by molar-refractivity contribution is 6.47. The lowest BCUT2D eigenvalue weighted by Gasteiger charge is -2.40. The van der Waals surface area contributed by atoms with E-state index in [0.29, 0.717) is 13.0 Å². The molecule has 0 saturated heterocycles. The van der Waals surface area contributed by atoms with Gasteiger partial charge in [-0.05, 0) is 27.7 Å². The second-order valence-electron chi connectivity index (χ2n) is 5.38. The van der Waals surface area contributed by atoms with Gasteiger partial charge in [0, 0.05) is 12.7 Å². The molecule has 0 saturated carbocycles. The van der Waals surface area contributed by atoms with E-state index in [1.807, 2.05) is 45.9 Å². The van der Waals surface area contributed by atoms with Crippen LogP contribution in [0.25, 0.3) is 0 Å². The molecule has 0 amide bonds. The van der Waals surface area contributed by atoms with Gasteiger partial charge in [0.25, 0.3) is 0 Å². The fourth-order valence-electron chi connectivity index (χ4n) is 1.44. The number of methoxy groups -OCH3 is 1. The van der Waals surface area contributed by atoms with Crippen molar-refractivity contribution in [1.82, 2.24) is 0 Å². The monoisotopic (exact) mass is 248 g/mol. The van der Waals surface area contributed by atoms with Gasteiger partial charge in [-0.15, -0.1) is 0 Å². The van der Waals surface area contributed by atoms with Crippen LogP contribution in [0.5, 0.6) is 0 Å². The van der Waals surface area contributed by atoms with Crippen molar-refractivity contribution in [3.8, 4) is 0 Å². The van der Waals surface area contributed by atoms with Gasteiger partial charge in [-0.1, -0.05) is 29.7 Å². The van der Waals surface area contributed by atoms with Gasteiger partial charge in [-0.25, -0.2) is 0 Å². The standard InChI is InChI=1S/C14H21BO3/c1-13(2,17-5)14(3,4)18-15-12-8-6-7-11(9-12)10-16/h6-10,15H,1-5H3. The molecule has 0 heterocycles. The molecule has 0 radical (unpaired) electrons. The van der Waals surface area contributed by atoms with Gasteiger partial charge >= 0.3 is 7.48 Å². The molecule has 3 nitrogen and oxygen atoms in total. The Morgan fingerprint density at radius 2 is 1.83 bits per heavy atom. The molecule has 1 aromatic rings. The van der Waals surface area contributed by atoms with E-state index in [1.165, 1.54) is 0 Å². The molecule has 18 heavy (non-hydrogen) atoms. The predicted octanol–water partition coefficient (Wildman–Crippen LogP) is 1.70. The van der Waals surface area contributed by atoms with Crippen LogP contribution in [-0.4, -0.2) is 32.1 Å². The Hall–Kier alpha value is -1.13. The summed E-state index contributed by atoms with van der Waals surface area (Å²) in [6.45, 7) is 7.99. The van der Waals surface area contributed by atoms with Crippen LogP contribution in [-0.2, 0) is 9.39 Å². The minimum atomic E-state index is -0.418. The molecule has 1 aromatic carbocycles. The number of carbonyl (C=O) groups is 1. The first-order valence-corrected chi connectivity index (χ1v) is 6.05.